The molecule has 2 aromatic rings. The summed E-state index contributed by atoms with van der Waals surface area (Å²) in [7, 11) is 0. The number of alkyl halides is 1. The van der Waals surface area contributed by atoms with Crippen LogP contribution in [-0.2, 0) is 0 Å². The van der Waals surface area contributed by atoms with E-state index in [1.807, 2.05) is 68.5 Å². The second kappa shape index (κ2) is 14.4. The van der Waals surface area contributed by atoms with Crippen molar-refractivity contribution in [2.45, 2.75) is 20.3 Å². The average Bonchev–Trinajstić information content (AvgIpc) is 2.79. The van der Waals surface area contributed by atoms with Gasteiger partial charge in [-0.3, -0.25) is 0 Å². The topological polar surface area (TPSA) is 29.5 Å². The van der Waals surface area contributed by atoms with Crippen molar-refractivity contribution in [3.63, 3.8) is 0 Å². The fourth-order valence-corrected chi connectivity index (χ4v) is 3.11. The van der Waals surface area contributed by atoms with E-state index in [1.165, 1.54) is 0 Å². The summed E-state index contributed by atoms with van der Waals surface area (Å²) in [5.74, 6) is 1.24. The van der Waals surface area contributed by atoms with E-state index < -0.39 is 0 Å². The first-order chi connectivity index (χ1) is 14.2. The molecule has 3 heteroatoms. The fraction of sp³-hybridized carbons (Fsp3) is 0.231. The zero-order valence-electron chi connectivity index (χ0n) is 17.4. The van der Waals surface area contributed by atoms with Gasteiger partial charge in [0.25, 0.3) is 0 Å². The molecular weight excluding hydrogens is 380 g/mol. The molecule has 154 valence electrons. The second-order valence-electron chi connectivity index (χ2n) is 5.82. The predicted octanol–water partition coefficient (Wildman–Crippen LogP) is 6.92. The molecule has 0 spiro atoms. The molecule has 0 aliphatic rings. The Morgan fingerprint density at radius 3 is 2.17 bits per heavy atom. The second-order valence-corrected chi connectivity index (χ2v) is 6.19. The third-order valence-electron chi connectivity index (χ3n) is 4.08. The highest BCUT2D eigenvalue weighted by Gasteiger charge is 2.14. The molecule has 0 saturated heterocycles. The molecule has 2 rings (SSSR count). The molecule has 0 fully saturated rings. The van der Waals surface area contributed by atoms with E-state index in [4.69, 9.17) is 21.4 Å². The minimum atomic E-state index is -0.0104. The number of rotatable bonds is 10. The van der Waals surface area contributed by atoms with Crippen molar-refractivity contribution >= 4 is 22.7 Å². The van der Waals surface area contributed by atoms with Crippen LogP contribution < -0.4 is 4.74 Å². The van der Waals surface area contributed by atoms with E-state index in [9.17, 15) is 0 Å². The molecule has 0 unspecified atom stereocenters. The maximum Gasteiger partial charge on any atom is 0.119 e. The van der Waals surface area contributed by atoms with E-state index in [0.717, 1.165) is 40.0 Å². The standard InChI is InChI=1S/C24H25ClO2.C2H6/c1-3-8-19(4-2)24(21-11-13-22(14-12-21)27-18-17-26)23(15-16-25)20-9-6-5-7-10-20;1-2/h3-14,26H,1-2,15-18H2;1-2H3/b19-8+,24-23-;. The summed E-state index contributed by atoms with van der Waals surface area (Å²) in [5, 5.41) is 8.92. The number of halogens is 1. The highest BCUT2D eigenvalue weighted by atomic mass is 35.5. The summed E-state index contributed by atoms with van der Waals surface area (Å²) in [6, 6.07) is 18.1. The maximum absolute atomic E-state index is 8.92. The third-order valence-corrected chi connectivity index (χ3v) is 4.27. The van der Waals surface area contributed by atoms with E-state index in [2.05, 4.69) is 25.3 Å². The average molecular weight is 411 g/mol. The number of hydrogen-bond donors (Lipinski definition) is 1. The molecule has 2 nitrogen and oxygen atoms in total. The van der Waals surface area contributed by atoms with Crippen molar-refractivity contribution in [2.24, 2.45) is 0 Å². The maximum atomic E-state index is 8.92. The Kier molecular flexibility index (Phi) is 12.2. The Bertz CT molecular complexity index is 802. The number of aliphatic hydroxyl groups is 1. The summed E-state index contributed by atoms with van der Waals surface area (Å²) in [4.78, 5) is 0. The molecule has 0 amide bonds. The third kappa shape index (κ3) is 7.41. The molecule has 0 saturated carbocycles. The van der Waals surface area contributed by atoms with Gasteiger partial charge in [0, 0.05) is 5.88 Å². The van der Waals surface area contributed by atoms with Gasteiger partial charge in [-0.15, -0.1) is 11.6 Å². The SMILES string of the molecule is C=C/C=C(C=C)/C(=C(\CCCl)c1ccccc1)c1ccc(OCCO)cc1.CC. The number of ether oxygens (including phenoxy) is 1. The smallest absolute Gasteiger partial charge is 0.119 e. The monoisotopic (exact) mass is 410 g/mol. The summed E-state index contributed by atoms with van der Waals surface area (Å²) in [6.45, 7) is 12.1. The van der Waals surface area contributed by atoms with E-state index in [-0.39, 0.29) is 13.2 Å². The molecule has 0 aliphatic carbocycles. The van der Waals surface area contributed by atoms with Crippen molar-refractivity contribution in [2.75, 3.05) is 19.1 Å². The van der Waals surface area contributed by atoms with Gasteiger partial charge in [0.05, 0.1) is 6.61 Å². The van der Waals surface area contributed by atoms with Gasteiger partial charge in [-0.05, 0) is 46.4 Å². The Morgan fingerprint density at radius 1 is 1.00 bits per heavy atom. The van der Waals surface area contributed by atoms with Crippen LogP contribution in [0.4, 0.5) is 0 Å². The van der Waals surface area contributed by atoms with Crippen LogP contribution in [-0.4, -0.2) is 24.2 Å². The molecule has 0 radical (unpaired) electrons. The zero-order valence-corrected chi connectivity index (χ0v) is 18.2. The number of hydrogen-bond acceptors (Lipinski definition) is 2. The predicted molar refractivity (Wildman–Crippen MR) is 127 cm³/mol. The summed E-state index contributed by atoms with van der Waals surface area (Å²) < 4.78 is 5.48. The highest BCUT2D eigenvalue weighted by Crippen LogP contribution is 2.35. The molecular formula is C26H31ClO2. The van der Waals surface area contributed by atoms with E-state index in [1.54, 1.807) is 6.08 Å². The molecule has 0 bridgehead atoms. The lowest BCUT2D eigenvalue weighted by Gasteiger charge is -2.18. The Balaban J connectivity index is 0.00000204. The molecule has 0 aliphatic heterocycles. The van der Waals surface area contributed by atoms with Crippen LogP contribution in [0.25, 0.3) is 11.1 Å². The van der Waals surface area contributed by atoms with Crippen LogP contribution in [0.15, 0.2) is 91.6 Å². The molecule has 2 aromatic carbocycles. The normalized spacial score (nSPS) is 11.7. The van der Waals surface area contributed by atoms with Crippen LogP contribution >= 0.6 is 11.6 Å². The fourth-order valence-electron chi connectivity index (χ4n) is 2.92. The minimum absolute atomic E-state index is 0.0104. The first-order valence-electron chi connectivity index (χ1n) is 9.89. The van der Waals surface area contributed by atoms with Crippen LogP contribution in [0.5, 0.6) is 5.75 Å². The first-order valence-corrected chi connectivity index (χ1v) is 10.4. The summed E-state index contributed by atoms with van der Waals surface area (Å²) >= 11 is 6.14. The van der Waals surface area contributed by atoms with Gasteiger partial charge in [0.1, 0.15) is 12.4 Å². The first kappa shape index (κ1) is 24.5. The van der Waals surface area contributed by atoms with E-state index in [0.29, 0.717) is 5.88 Å². The van der Waals surface area contributed by atoms with E-state index >= 15 is 0 Å². The molecule has 0 atom stereocenters. The number of benzene rings is 2. The Labute approximate surface area is 180 Å². The molecule has 1 N–H and O–H groups in total. The zero-order chi connectivity index (χ0) is 21.5. The largest absolute Gasteiger partial charge is 0.491 e. The lowest BCUT2D eigenvalue weighted by molar-refractivity contribution is 0.201. The van der Waals surface area contributed by atoms with Crippen LogP contribution in [0.1, 0.15) is 31.4 Å². The van der Waals surface area contributed by atoms with Gasteiger partial charge in [-0.1, -0.05) is 87.7 Å². The highest BCUT2D eigenvalue weighted by molar-refractivity contribution is 6.18. The Morgan fingerprint density at radius 2 is 1.66 bits per heavy atom. The minimum Gasteiger partial charge on any atom is -0.491 e. The lowest BCUT2D eigenvalue weighted by Crippen LogP contribution is -2.02. The number of allylic oxidation sites excluding steroid dienone is 6. The molecule has 0 heterocycles. The summed E-state index contributed by atoms with van der Waals surface area (Å²) in [6.07, 6.45) is 6.28. The van der Waals surface area contributed by atoms with Gasteiger partial charge in [0.15, 0.2) is 0 Å². The van der Waals surface area contributed by atoms with Crippen molar-refractivity contribution < 1.29 is 9.84 Å². The van der Waals surface area contributed by atoms with Crippen LogP contribution in [0.2, 0.25) is 0 Å². The van der Waals surface area contributed by atoms with Gasteiger partial charge in [-0.25, -0.2) is 0 Å². The quantitative estimate of drug-likeness (QED) is 0.261. The van der Waals surface area contributed by atoms with Crippen molar-refractivity contribution in [3.05, 3.63) is 103 Å². The molecule has 29 heavy (non-hydrogen) atoms. The van der Waals surface area contributed by atoms with Crippen molar-refractivity contribution in [3.8, 4) is 5.75 Å². The summed E-state index contributed by atoms with van der Waals surface area (Å²) in [5.41, 5.74) is 5.39. The van der Waals surface area contributed by atoms with Crippen molar-refractivity contribution in [1.29, 1.82) is 0 Å². The van der Waals surface area contributed by atoms with Gasteiger partial charge in [0.2, 0.25) is 0 Å². The number of aliphatic hydroxyl groups excluding tert-OH is 1. The lowest BCUT2D eigenvalue weighted by atomic mass is 9.87. The van der Waals surface area contributed by atoms with Crippen molar-refractivity contribution in [1.82, 2.24) is 0 Å². The molecule has 0 aromatic heterocycles. The van der Waals surface area contributed by atoms with Gasteiger partial charge in [-0.2, -0.15) is 0 Å². The Hall–Kier alpha value is -2.55. The van der Waals surface area contributed by atoms with Crippen LogP contribution in [0, 0.1) is 0 Å². The van der Waals surface area contributed by atoms with Gasteiger partial charge < -0.3 is 9.84 Å². The van der Waals surface area contributed by atoms with Gasteiger partial charge >= 0.3 is 0 Å². The van der Waals surface area contributed by atoms with Crippen LogP contribution in [0.3, 0.4) is 0 Å².